The molecule has 0 spiro atoms. The zero-order valence-electron chi connectivity index (χ0n) is 16.2. The third-order valence-corrected chi connectivity index (χ3v) is 4.27. The van der Waals surface area contributed by atoms with Gasteiger partial charge in [0.2, 0.25) is 0 Å². The number of aryl methyl sites for hydroxylation is 1. The number of rotatable bonds is 9. The van der Waals surface area contributed by atoms with Gasteiger partial charge in [-0.25, -0.2) is 0 Å². The maximum atomic E-state index is 12.6. The summed E-state index contributed by atoms with van der Waals surface area (Å²) in [4.78, 5) is 25.0. The molecule has 2 rings (SSSR count). The van der Waals surface area contributed by atoms with E-state index in [0.717, 1.165) is 24.8 Å². The van der Waals surface area contributed by atoms with Gasteiger partial charge in [-0.1, -0.05) is 50.6 Å². The van der Waals surface area contributed by atoms with E-state index >= 15 is 0 Å². The molecule has 5 heteroatoms. The molecular weight excluding hydrogens is 340 g/mol. The van der Waals surface area contributed by atoms with Crippen LogP contribution in [0.3, 0.4) is 0 Å². The minimum Gasteiger partial charge on any atom is -0.481 e. The van der Waals surface area contributed by atoms with Gasteiger partial charge in [0.05, 0.1) is 11.3 Å². The van der Waals surface area contributed by atoms with E-state index in [4.69, 9.17) is 4.74 Å². The molecule has 27 heavy (non-hydrogen) atoms. The smallest absolute Gasteiger partial charge is 0.265 e. The fourth-order valence-corrected chi connectivity index (χ4v) is 2.65. The number of ether oxygens (including phenoxy) is 1. The maximum Gasteiger partial charge on any atom is 0.265 e. The summed E-state index contributed by atoms with van der Waals surface area (Å²) in [5.41, 5.74) is 1.98. The molecule has 1 atom stereocenters. The van der Waals surface area contributed by atoms with Crippen LogP contribution in [0.5, 0.6) is 5.75 Å². The van der Waals surface area contributed by atoms with Crippen molar-refractivity contribution >= 4 is 17.5 Å². The molecule has 0 fully saturated rings. The molecule has 0 heterocycles. The Bertz CT molecular complexity index is 774. The second-order valence-electron chi connectivity index (χ2n) is 6.37. The fraction of sp³-hybridized carbons (Fsp3) is 0.364. The fourth-order valence-electron chi connectivity index (χ4n) is 2.65. The van der Waals surface area contributed by atoms with Crippen molar-refractivity contribution in [2.24, 2.45) is 0 Å². The molecule has 0 radical (unpaired) electrons. The Labute approximate surface area is 161 Å². The number of nitrogens with one attached hydrogen (secondary N) is 2. The van der Waals surface area contributed by atoms with Crippen LogP contribution in [0.4, 0.5) is 5.69 Å². The van der Waals surface area contributed by atoms with Gasteiger partial charge in [-0.05, 0) is 43.5 Å². The topological polar surface area (TPSA) is 67.4 Å². The molecule has 2 N–H and O–H groups in total. The van der Waals surface area contributed by atoms with Crippen molar-refractivity contribution in [2.45, 2.75) is 46.1 Å². The van der Waals surface area contributed by atoms with Gasteiger partial charge in [0, 0.05) is 6.54 Å². The quantitative estimate of drug-likeness (QED) is 0.652. The average molecular weight is 368 g/mol. The number of anilines is 1. The predicted molar refractivity (Wildman–Crippen MR) is 108 cm³/mol. The van der Waals surface area contributed by atoms with Gasteiger partial charge >= 0.3 is 0 Å². The summed E-state index contributed by atoms with van der Waals surface area (Å²) < 4.78 is 5.84. The molecule has 0 aromatic heterocycles. The van der Waals surface area contributed by atoms with Crippen molar-refractivity contribution in [3.8, 4) is 5.75 Å². The van der Waals surface area contributed by atoms with E-state index in [1.165, 1.54) is 0 Å². The first kappa shape index (κ1) is 20.5. The molecule has 144 valence electrons. The number of hydrogen-bond acceptors (Lipinski definition) is 3. The van der Waals surface area contributed by atoms with Gasteiger partial charge < -0.3 is 15.4 Å². The first-order valence-electron chi connectivity index (χ1n) is 9.49. The third-order valence-electron chi connectivity index (χ3n) is 4.27. The second-order valence-corrected chi connectivity index (χ2v) is 6.37. The summed E-state index contributed by atoms with van der Waals surface area (Å²) in [5, 5.41) is 5.69. The predicted octanol–water partition coefficient (Wildman–Crippen LogP) is 4.18. The van der Waals surface area contributed by atoms with Crippen LogP contribution in [-0.4, -0.2) is 24.5 Å². The van der Waals surface area contributed by atoms with Crippen LogP contribution < -0.4 is 15.4 Å². The lowest BCUT2D eigenvalue weighted by Crippen LogP contribution is -2.32. The summed E-state index contributed by atoms with van der Waals surface area (Å²) in [6.45, 7) is 6.43. The number of para-hydroxylation sites is 2. The van der Waals surface area contributed by atoms with Gasteiger partial charge in [0.25, 0.3) is 11.8 Å². The zero-order valence-corrected chi connectivity index (χ0v) is 16.2. The normalized spacial score (nSPS) is 11.5. The Morgan fingerprint density at radius 1 is 1.04 bits per heavy atom. The van der Waals surface area contributed by atoms with Crippen LogP contribution in [0.1, 0.15) is 49.5 Å². The minimum atomic E-state index is -0.686. The lowest BCUT2D eigenvalue weighted by atomic mass is 10.1. The van der Waals surface area contributed by atoms with Gasteiger partial charge in [-0.15, -0.1) is 0 Å². The molecule has 0 aliphatic carbocycles. The van der Waals surface area contributed by atoms with Crippen LogP contribution in [0.2, 0.25) is 0 Å². The Hall–Kier alpha value is -2.82. The largest absolute Gasteiger partial charge is 0.481 e. The van der Waals surface area contributed by atoms with Crippen LogP contribution >= 0.6 is 0 Å². The van der Waals surface area contributed by atoms with Crippen LogP contribution in [0.15, 0.2) is 48.5 Å². The summed E-state index contributed by atoms with van der Waals surface area (Å²) in [5.74, 6) is 0.215. The Kier molecular flexibility index (Phi) is 7.86. The first-order chi connectivity index (χ1) is 13.1. The Morgan fingerprint density at radius 3 is 2.48 bits per heavy atom. The van der Waals surface area contributed by atoms with Gasteiger partial charge in [0.15, 0.2) is 6.10 Å². The first-order valence-corrected chi connectivity index (χ1v) is 9.49. The zero-order chi connectivity index (χ0) is 19.6. The number of benzene rings is 2. The van der Waals surface area contributed by atoms with E-state index in [1.807, 2.05) is 31.2 Å². The molecule has 2 aromatic carbocycles. The van der Waals surface area contributed by atoms with E-state index in [0.29, 0.717) is 23.5 Å². The maximum absolute atomic E-state index is 12.6. The molecular formula is C22H28N2O3. The standard InChI is InChI=1S/C22H28N2O3/c1-4-6-15-23-22(26)18-12-8-9-13-19(18)24-21(25)16(3)27-20-14-10-7-11-17(20)5-2/h7-14,16H,4-6,15H2,1-3H3,(H,23,26)(H,24,25)/t16-/m0/s1. The van der Waals surface area contributed by atoms with Gasteiger partial charge in [-0.2, -0.15) is 0 Å². The third kappa shape index (κ3) is 5.84. The van der Waals surface area contributed by atoms with Crippen molar-refractivity contribution in [1.82, 2.24) is 5.32 Å². The van der Waals surface area contributed by atoms with Crippen LogP contribution in [0, 0.1) is 0 Å². The molecule has 0 saturated heterocycles. The summed E-state index contributed by atoms with van der Waals surface area (Å²) in [6, 6.07) is 14.7. The van der Waals surface area contributed by atoms with Gasteiger partial charge in [-0.3, -0.25) is 9.59 Å². The van der Waals surface area contributed by atoms with Crippen LogP contribution in [0.25, 0.3) is 0 Å². The van der Waals surface area contributed by atoms with E-state index in [9.17, 15) is 9.59 Å². The van der Waals surface area contributed by atoms with E-state index < -0.39 is 6.10 Å². The van der Waals surface area contributed by atoms with Crippen molar-refractivity contribution in [1.29, 1.82) is 0 Å². The SMILES string of the molecule is CCCCNC(=O)c1ccccc1NC(=O)[C@H](C)Oc1ccccc1CC. The molecule has 0 aliphatic rings. The molecule has 0 aliphatic heterocycles. The van der Waals surface area contributed by atoms with E-state index in [-0.39, 0.29) is 11.8 Å². The number of hydrogen-bond donors (Lipinski definition) is 2. The monoisotopic (exact) mass is 368 g/mol. The highest BCUT2D eigenvalue weighted by molar-refractivity contribution is 6.04. The van der Waals surface area contributed by atoms with E-state index in [1.54, 1.807) is 31.2 Å². The number of carbonyl (C=O) groups excluding carboxylic acids is 2. The van der Waals surface area contributed by atoms with Crippen molar-refractivity contribution in [3.05, 3.63) is 59.7 Å². The molecule has 0 saturated carbocycles. The van der Waals surface area contributed by atoms with Crippen LogP contribution in [-0.2, 0) is 11.2 Å². The molecule has 2 aromatic rings. The number of carbonyl (C=O) groups is 2. The van der Waals surface area contributed by atoms with E-state index in [2.05, 4.69) is 17.6 Å². The highest BCUT2D eigenvalue weighted by Crippen LogP contribution is 2.21. The Balaban J connectivity index is 2.05. The van der Waals surface area contributed by atoms with Crippen molar-refractivity contribution in [2.75, 3.05) is 11.9 Å². The number of unbranched alkanes of at least 4 members (excludes halogenated alkanes) is 1. The van der Waals surface area contributed by atoms with Crippen molar-refractivity contribution in [3.63, 3.8) is 0 Å². The molecule has 2 amide bonds. The summed E-state index contributed by atoms with van der Waals surface area (Å²) >= 11 is 0. The van der Waals surface area contributed by atoms with Gasteiger partial charge in [0.1, 0.15) is 5.75 Å². The number of amides is 2. The summed E-state index contributed by atoms with van der Waals surface area (Å²) in [6.07, 6.45) is 2.06. The molecule has 0 unspecified atom stereocenters. The Morgan fingerprint density at radius 2 is 1.74 bits per heavy atom. The highest BCUT2D eigenvalue weighted by atomic mass is 16.5. The minimum absolute atomic E-state index is 0.191. The lowest BCUT2D eigenvalue weighted by molar-refractivity contribution is -0.122. The molecule has 0 bridgehead atoms. The highest BCUT2D eigenvalue weighted by Gasteiger charge is 2.19. The summed E-state index contributed by atoms with van der Waals surface area (Å²) in [7, 11) is 0. The average Bonchev–Trinajstić information content (AvgIpc) is 2.68. The van der Waals surface area contributed by atoms with Crippen molar-refractivity contribution < 1.29 is 14.3 Å². The second kappa shape index (κ2) is 10.4. The lowest BCUT2D eigenvalue weighted by Gasteiger charge is -2.18. The molecule has 5 nitrogen and oxygen atoms in total.